The summed E-state index contributed by atoms with van der Waals surface area (Å²) in [4.78, 5) is 36.7. The Bertz CT molecular complexity index is 1170. The van der Waals surface area contributed by atoms with Crippen molar-refractivity contribution in [3.05, 3.63) is 54.1 Å². The second-order valence-corrected chi connectivity index (χ2v) is 8.27. The van der Waals surface area contributed by atoms with E-state index < -0.39 is 5.97 Å². The van der Waals surface area contributed by atoms with Crippen molar-refractivity contribution in [2.45, 2.75) is 33.1 Å². The highest BCUT2D eigenvalue weighted by atomic mass is 16.5. The third-order valence-electron chi connectivity index (χ3n) is 5.70. The fraction of sp³-hybridized carbons (Fsp3) is 0.385. The molecule has 0 aliphatic carbocycles. The van der Waals surface area contributed by atoms with Crippen LogP contribution in [0, 0.1) is 5.92 Å². The van der Waals surface area contributed by atoms with E-state index in [1.165, 1.54) is 0 Å². The van der Waals surface area contributed by atoms with Crippen LogP contribution in [0.3, 0.4) is 0 Å². The first-order chi connectivity index (χ1) is 16.6. The van der Waals surface area contributed by atoms with Crippen molar-refractivity contribution in [3.63, 3.8) is 0 Å². The molecular weight excluding hydrogens is 432 g/mol. The van der Waals surface area contributed by atoms with Gasteiger partial charge in [-0.25, -0.2) is 14.8 Å². The Hall–Kier alpha value is -3.68. The van der Waals surface area contributed by atoms with E-state index in [2.05, 4.69) is 10.2 Å². The number of nitrogens with one attached hydrogen (secondary N) is 1. The molecule has 1 aliphatic rings. The second kappa shape index (κ2) is 11.0. The summed E-state index contributed by atoms with van der Waals surface area (Å²) in [6.07, 6.45) is 2.48. The molecule has 1 N–H and O–H groups in total. The van der Waals surface area contributed by atoms with Gasteiger partial charge in [0.2, 0.25) is 5.91 Å². The number of para-hydroxylation sites is 2. The lowest BCUT2D eigenvalue weighted by Crippen LogP contribution is -2.41. The van der Waals surface area contributed by atoms with E-state index in [0.717, 1.165) is 36.8 Å². The number of hydrogen-bond acceptors (Lipinski definition) is 7. The first kappa shape index (κ1) is 23.5. The number of nitrogens with zero attached hydrogens (tertiary/aromatic N) is 3. The Balaban J connectivity index is 1.51. The zero-order valence-electron chi connectivity index (χ0n) is 19.6. The number of aromatic nitrogens is 2. The average Bonchev–Trinajstić information content (AvgIpc) is 2.87. The molecule has 8 nitrogen and oxygen atoms in total. The quantitative estimate of drug-likeness (QED) is 0.494. The number of carbonyl (C=O) groups is 2. The van der Waals surface area contributed by atoms with E-state index in [9.17, 15) is 9.59 Å². The third kappa shape index (κ3) is 5.44. The zero-order valence-corrected chi connectivity index (χ0v) is 19.6. The minimum atomic E-state index is -0.406. The minimum absolute atomic E-state index is 0.0875. The molecule has 1 saturated heterocycles. The van der Waals surface area contributed by atoms with Crippen LogP contribution in [-0.2, 0) is 9.53 Å². The van der Waals surface area contributed by atoms with E-state index in [4.69, 9.17) is 19.4 Å². The lowest BCUT2D eigenvalue weighted by molar-refractivity contribution is -0.120. The van der Waals surface area contributed by atoms with Crippen molar-refractivity contribution < 1.29 is 19.1 Å². The van der Waals surface area contributed by atoms with Crippen LogP contribution in [0.4, 0.5) is 11.5 Å². The number of amides is 1. The van der Waals surface area contributed by atoms with Crippen molar-refractivity contribution in [1.82, 2.24) is 9.97 Å². The maximum Gasteiger partial charge on any atom is 0.338 e. The van der Waals surface area contributed by atoms with E-state index in [0.29, 0.717) is 42.7 Å². The van der Waals surface area contributed by atoms with Gasteiger partial charge >= 0.3 is 5.97 Å². The summed E-state index contributed by atoms with van der Waals surface area (Å²) in [5.74, 6) is 0.456. The van der Waals surface area contributed by atoms with Crippen LogP contribution >= 0.6 is 0 Å². The molecule has 1 aliphatic heterocycles. The molecule has 8 heteroatoms. The van der Waals surface area contributed by atoms with Crippen molar-refractivity contribution in [1.29, 1.82) is 0 Å². The van der Waals surface area contributed by atoms with Gasteiger partial charge in [0.15, 0.2) is 5.82 Å². The largest absolute Gasteiger partial charge is 0.475 e. The van der Waals surface area contributed by atoms with Crippen LogP contribution < -0.4 is 15.0 Å². The van der Waals surface area contributed by atoms with Gasteiger partial charge in [0.1, 0.15) is 0 Å². The molecule has 1 atom stereocenters. The van der Waals surface area contributed by atoms with Gasteiger partial charge in [-0.1, -0.05) is 25.1 Å². The van der Waals surface area contributed by atoms with Gasteiger partial charge in [-0.05, 0) is 56.5 Å². The van der Waals surface area contributed by atoms with Crippen molar-refractivity contribution in [2.24, 2.45) is 5.92 Å². The molecule has 0 bridgehead atoms. The predicted molar refractivity (Wildman–Crippen MR) is 131 cm³/mol. The number of esters is 1. The van der Waals surface area contributed by atoms with Gasteiger partial charge in [-0.2, -0.15) is 0 Å². The fourth-order valence-corrected chi connectivity index (χ4v) is 4.04. The topological polar surface area (TPSA) is 93.7 Å². The molecule has 2 heterocycles. The average molecular weight is 463 g/mol. The lowest BCUT2D eigenvalue weighted by atomic mass is 9.97. The van der Waals surface area contributed by atoms with Crippen LogP contribution in [0.1, 0.15) is 43.5 Å². The standard InChI is InChI=1S/C26H30N4O4/c1-3-15-34-25-23(28-21-12-5-6-13-22(21)29-25)30-14-8-10-19(17-30)24(31)27-20-11-7-9-18(16-20)26(32)33-4-2/h5-7,9,11-13,16,19H,3-4,8,10,14-15,17H2,1-2H3,(H,27,31)/t19-/m1/s1. The molecular formula is C26H30N4O4. The van der Waals surface area contributed by atoms with Gasteiger partial charge in [-0.15, -0.1) is 0 Å². The number of rotatable bonds is 8. The molecule has 0 saturated carbocycles. The number of carbonyl (C=O) groups excluding carboxylic acids is 2. The zero-order chi connectivity index (χ0) is 23.9. The summed E-state index contributed by atoms with van der Waals surface area (Å²) >= 11 is 0. The van der Waals surface area contributed by atoms with Gasteiger partial charge < -0.3 is 19.7 Å². The number of fused-ring (bicyclic) bond motifs is 1. The maximum absolute atomic E-state index is 13.1. The second-order valence-electron chi connectivity index (χ2n) is 8.27. The van der Waals surface area contributed by atoms with Crippen molar-refractivity contribution >= 4 is 34.4 Å². The number of benzene rings is 2. The smallest absolute Gasteiger partial charge is 0.338 e. The highest BCUT2D eigenvalue weighted by molar-refractivity contribution is 5.96. The normalized spacial score (nSPS) is 15.7. The summed E-state index contributed by atoms with van der Waals surface area (Å²) in [6, 6.07) is 14.5. The lowest BCUT2D eigenvalue weighted by Gasteiger charge is -2.33. The Morgan fingerprint density at radius 1 is 1.09 bits per heavy atom. The van der Waals surface area contributed by atoms with Crippen LogP contribution in [0.2, 0.25) is 0 Å². The summed E-state index contributed by atoms with van der Waals surface area (Å²) in [5, 5.41) is 2.96. The summed E-state index contributed by atoms with van der Waals surface area (Å²) in [7, 11) is 0. The number of anilines is 2. The summed E-state index contributed by atoms with van der Waals surface area (Å²) < 4.78 is 11.0. The monoisotopic (exact) mass is 462 g/mol. The van der Waals surface area contributed by atoms with E-state index in [-0.39, 0.29) is 11.8 Å². The highest BCUT2D eigenvalue weighted by Crippen LogP contribution is 2.31. The Morgan fingerprint density at radius 2 is 1.88 bits per heavy atom. The van der Waals surface area contributed by atoms with E-state index >= 15 is 0 Å². The predicted octanol–water partition coefficient (Wildman–Crippen LogP) is 4.45. The number of ether oxygens (including phenoxy) is 2. The Kier molecular flexibility index (Phi) is 7.57. The number of piperidine rings is 1. The molecule has 0 spiro atoms. The van der Waals surface area contributed by atoms with E-state index in [1.807, 2.05) is 31.2 Å². The van der Waals surface area contributed by atoms with E-state index in [1.54, 1.807) is 31.2 Å². The fourth-order valence-electron chi connectivity index (χ4n) is 4.04. The summed E-state index contributed by atoms with van der Waals surface area (Å²) in [5.41, 5.74) is 2.56. The van der Waals surface area contributed by atoms with Crippen LogP contribution in [0.5, 0.6) is 5.88 Å². The van der Waals surface area contributed by atoms with Gasteiger partial charge in [-0.3, -0.25) is 4.79 Å². The molecule has 4 rings (SSSR count). The van der Waals surface area contributed by atoms with Crippen molar-refractivity contribution in [3.8, 4) is 5.88 Å². The van der Waals surface area contributed by atoms with Crippen LogP contribution in [0.15, 0.2) is 48.5 Å². The van der Waals surface area contributed by atoms with Crippen LogP contribution in [-0.4, -0.2) is 48.1 Å². The Morgan fingerprint density at radius 3 is 2.65 bits per heavy atom. The molecule has 1 fully saturated rings. The van der Waals surface area contributed by atoms with Gasteiger partial charge in [0, 0.05) is 18.8 Å². The molecule has 0 radical (unpaired) electrons. The molecule has 3 aromatic rings. The minimum Gasteiger partial charge on any atom is -0.475 e. The first-order valence-electron chi connectivity index (χ1n) is 11.8. The molecule has 0 unspecified atom stereocenters. The molecule has 1 amide bonds. The first-order valence-corrected chi connectivity index (χ1v) is 11.8. The molecule has 1 aromatic heterocycles. The van der Waals surface area contributed by atoms with Crippen LogP contribution in [0.25, 0.3) is 11.0 Å². The maximum atomic E-state index is 13.1. The number of hydrogen-bond donors (Lipinski definition) is 1. The van der Waals surface area contributed by atoms with Gasteiger partial charge in [0.25, 0.3) is 5.88 Å². The van der Waals surface area contributed by atoms with Crippen molar-refractivity contribution in [2.75, 3.05) is 36.5 Å². The Labute approximate surface area is 199 Å². The molecule has 34 heavy (non-hydrogen) atoms. The molecule has 2 aromatic carbocycles. The summed E-state index contributed by atoms with van der Waals surface area (Å²) in [6.45, 7) is 5.95. The SMILES string of the molecule is CCCOc1nc2ccccc2nc1N1CCC[C@@H](C(=O)Nc2cccc(C(=O)OCC)c2)C1. The highest BCUT2D eigenvalue weighted by Gasteiger charge is 2.29. The molecule has 178 valence electrons. The third-order valence-corrected chi connectivity index (χ3v) is 5.70. The van der Waals surface area contributed by atoms with Gasteiger partial charge in [0.05, 0.1) is 35.7 Å².